The first-order valence-corrected chi connectivity index (χ1v) is 11.3. The minimum absolute atomic E-state index is 0. The Hall–Kier alpha value is -1.94. The van der Waals surface area contributed by atoms with E-state index in [0.717, 1.165) is 0 Å². The molecule has 1 amide bonds. The van der Waals surface area contributed by atoms with Gasteiger partial charge in [0, 0.05) is 105 Å². The van der Waals surface area contributed by atoms with Crippen LogP contribution in [0.3, 0.4) is 0 Å². The van der Waals surface area contributed by atoms with E-state index in [-0.39, 0.29) is 78.6 Å². The summed E-state index contributed by atoms with van der Waals surface area (Å²) in [6.07, 6.45) is 0. The molecule has 1 aromatic carbocycles. The van der Waals surface area contributed by atoms with Crippen molar-refractivity contribution in [3.8, 4) is 0 Å². The van der Waals surface area contributed by atoms with Gasteiger partial charge in [0.15, 0.2) is 0 Å². The van der Waals surface area contributed by atoms with E-state index in [9.17, 15) is 34.5 Å². The number of hydrazine groups is 1. The first-order chi connectivity index (χ1) is 16.5. The van der Waals surface area contributed by atoms with Gasteiger partial charge in [-0.2, -0.15) is 0 Å². The number of carboxylic acids is 3. The number of carboxylic acid groups (broad SMARTS) is 3. The van der Waals surface area contributed by atoms with Gasteiger partial charge in [-0.3, -0.25) is 33.9 Å². The molecule has 1 saturated heterocycles. The molecule has 5 N–H and O–H groups in total. The van der Waals surface area contributed by atoms with Gasteiger partial charge in [0.2, 0.25) is 5.91 Å². The van der Waals surface area contributed by atoms with Gasteiger partial charge in [0.25, 0.3) is 0 Å². The first-order valence-electron chi connectivity index (χ1n) is 11.3. The van der Waals surface area contributed by atoms with Crippen molar-refractivity contribution in [1.82, 2.24) is 19.7 Å². The van der Waals surface area contributed by atoms with E-state index in [2.05, 4.69) is 0 Å². The molecular formula is C22H34GdN6O7. The summed E-state index contributed by atoms with van der Waals surface area (Å²) in [7, 11) is 0. The molecule has 0 aromatic heterocycles. The largest absolute Gasteiger partial charge is 0.480 e. The van der Waals surface area contributed by atoms with Gasteiger partial charge in [-0.25, -0.2) is 10.0 Å². The Morgan fingerprint density at radius 1 is 0.722 bits per heavy atom. The maximum Gasteiger partial charge on any atom is 0.317 e. The summed E-state index contributed by atoms with van der Waals surface area (Å²) in [5.74, 6) is -3.30. The van der Waals surface area contributed by atoms with Crippen molar-refractivity contribution in [3.63, 3.8) is 0 Å². The van der Waals surface area contributed by atoms with Gasteiger partial charge in [0.05, 0.1) is 25.3 Å². The molecule has 202 valence electrons. The normalized spacial score (nSPS) is 17.2. The number of rotatable bonds is 8. The van der Waals surface area contributed by atoms with Crippen LogP contribution in [0.1, 0.15) is 6.92 Å². The second-order valence-electron chi connectivity index (χ2n) is 8.39. The molecule has 0 aliphatic carbocycles. The minimum atomic E-state index is -1.02. The van der Waals surface area contributed by atoms with Crippen LogP contribution in [0.2, 0.25) is 0 Å². The van der Waals surface area contributed by atoms with E-state index in [1.807, 2.05) is 0 Å². The van der Waals surface area contributed by atoms with Crippen molar-refractivity contribution in [1.29, 1.82) is 0 Å². The van der Waals surface area contributed by atoms with Crippen LogP contribution < -0.4 is 10.7 Å². The summed E-state index contributed by atoms with van der Waals surface area (Å²) in [4.78, 5) is 51.8. The molecule has 14 heteroatoms. The third-order valence-corrected chi connectivity index (χ3v) is 5.61. The van der Waals surface area contributed by atoms with E-state index in [1.54, 1.807) is 44.0 Å². The SMILES string of the molecule is CC(=O)N(c1ccc(N)cc1)N1CCN(CC(=O)O)CCN(CC(=O)O)CCN(CC(=O)O)CC1.[Gd]. The van der Waals surface area contributed by atoms with E-state index in [0.29, 0.717) is 50.6 Å². The fourth-order valence-electron chi connectivity index (χ4n) is 3.93. The summed E-state index contributed by atoms with van der Waals surface area (Å²) < 4.78 is 0. The molecule has 0 spiro atoms. The number of carbonyl (C=O) groups is 4. The molecule has 1 aliphatic heterocycles. The van der Waals surface area contributed by atoms with E-state index in [4.69, 9.17) is 5.73 Å². The standard InChI is InChI=1S/C22H34N6O7.Gd/c1-17(29)28(19-4-2-18(23)3-5-19)27-12-10-25(15-21(32)33)8-6-24(14-20(30)31)7-9-26(11-13-27)16-22(34)35;/h2-5H,6-16,23H2,1H3,(H,30,31)(H,32,33)(H,34,35);. The molecule has 36 heavy (non-hydrogen) atoms. The molecule has 0 saturated carbocycles. The van der Waals surface area contributed by atoms with Crippen molar-refractivity contribution in [2.75, 3.05) is 82.7 Å². The van der Waals surface area contributed by atoms with Crippen LogP contribution >= 0.6 is 0 Å². The van der Waals surface area contributed by atoms with Crippen molar-refractivity contribution < 1.29 is 74.4 Å². The van der Waals surface area contributed by atoms with Crippen LogP contribution in [0.25, 0.3) is 0 Å². The molecule has 1 fully saturated rings. The second kappa shape index (κ2) is 16.0. The van der Waals surface area contributed by atoms with Crippen molar-refractivity contribution in [2.45, 2.75) is 6.92 Å². The number of nitrogens with two attached hydrogens (primary N) is 1. The van der Waals surface area contributed by atoms with Crippen molar-refractivity contribution in [3.05, 3.63) is 24.3 Å². The quantitative estimate of drug-likeness (QED) is 0.254. The third kappa shape index (κ3) is 11.4. The number of anilines is 2. The Morgan fingerprint density at radius 3 is 1.36 bits per heavy atom. The van der Waals surface area contributed by atoms with Gasteiger partial charge in [-0.1, -0.05) is 0 Å². The van der Waals surface area contributed by atoms with Gasteiger partial charge < -0.3 is 21.1 Å². The van der Waals surface area contributed by atoms with Crippen LogP contribution in [0, 0.1) is 39.9 Å². The van der Waals surface area contributed by atoms with Crippen molar-refractivity contribution >= 4 is 35.2 Å². The summed E-state index contributed by atoms with van der Waals surface area (Å²) >= 11 is 0. The number of hydrogen-bond acceptors (Lipinski definition) is 9. The average molecular weight is 652 g/mol. The Balaban J connectivity index is 0.00000648. The number of nitrogen functional groups attached to an aromatic ring is 1. The zero-order valence-corrected chi connectivity index (χ0v) is 22.5. The average Bonchev–Trinajstić information content (AvgIpc) is 2.75. The zero-order chi connectivity index (χ0) is 26.0. The third-order valence-electron chi connectivity index (χ3n) is 5.61. The molecule has 0 bridgehead atoms. The van der Waals surface area contributed by atoms with E-state index < -0.39 is 17.9 Å². The molecule has 0 atom stereocenters. The molecule has 1 aromatic rings. The Morgan fingerprint density at radius 2 is 1.06 bits per heavy atom. The molecule has 1 aliphatic rings. The summed E-state index contributed by atoms with van der Waals surface area (Å²) in [6.45, 7) is 3.09. The number of hydrogen-bond donors (Lipinski definition) is 4. The van der Waals surface area contributed by atoms with Crippen molar-refractivity contribution in [2.24, 2.45) is 0 Å². The van der Waals surface area contributed by atoms with Crippen LogP contribution in [-0.2, 0) is 19.2 Å². The Kier molecular flexibility index (Phi) is 14.3. The summed E-state index contributed by atoms with van der Waals surface area (Å²) in [5, 5.41) is 31.2. The Labute approximate surface area is 242 Å². The number of nitrogens with zero attached hydrogens (tertiary/aromatic N) is 5. The van der Waals surface area contributed by atoms with Gasteiger partial charge in [-0.15, -0.1) is 0 Å². The van der Waals surface area contributed by atoms with Gasteiger partial charge >= 0.3 is 17.9 Å². The molecular weight excluding hydrogens is 618 g/mol. The molecule has 0 unspecified atom stereocenters. The number of aliphatic carboxylic acids is 3. The van der Waals surface area contributed by atoms with Crippen LogP contribution in [-0.4, -0.2) is 131 Å². The number of benzene rings is 1. The molecule has 2 rings (SSSR count). The number of amides is 1. The fourth-order valence-corrected chi connectivity index (χ4v) is 3.93. The molecule has 13 nitrogen and oxygen atoms in total. The first kappa shape index (κ1) is 32.1. The summed E-state index contributed by atoms with van der Waals surface area (Å²) in [6, 6.07) is 6.76. The Bertz CT molecular complexity index is 856. The maximum atomic E-state index is 12.6. The van der Waals surface area contributed by atoms with Gasteiger partial charge in [-0.05, 0) is 24.3 Å². The molecule has 0 radical (unpaired) electrons. The number of carbonyl (C=O) groups excluding carboxylic acids is 1. The van der Waals surface area contributed by atoms with Gasteiger partial charge in [0.1, 0.15) is 0 Å². The zero-order valence-electron chi connectivity index (χ0n) is 20.2. The van der Waals surface area contributed by atoms with Crippen LogP contribution in [0.5, 0.6) is 0 Å². The minimum Gasteiger partial charge on any atom is -0.480 e. The van der Waals surface area contributed by atoms with E-state index in [1.165, 1.54) is 11.9 Å². The monoisotopic (exact) mass is 652 g/mol. The van der Waals surface area contributed by atoms with Crippen LogP contribution in [0.4, 0.5) is 11.4 Å². The van der Waals surface area contributed by atoms with Crippen LogP contribution in [0.15, 0.2) is 24.3 Å². The predicted molar refractivity (Wildman–Crippen MR) is 128 cm³/mol. The van der Waals surface area contributed by atoms with E-state index >= 15 is 0 Å². The fraction of sp³-hybridized carbons (Fsp3) is 0.545. The molecule has 1 heterocycles. The topological polar surface area (TPSA) is 171 Å². The summed E-state index contributed by atoms with van der Waals surface area (Å²) in [5.41, 5.74) is 6.91. The second-order valence-corrected chi connectivity index (χ2v) is 8.39. The maximum absolute atomic E-state index is 12.6. The predicted octanol–water partition coefficient (Wildman–Crippen LogP) is -0.988. The smallest absolute Gasteiger partial charge is 0.317 e.